The summed E-state index contributed by atoms with van der Waals surface area (Å²) in [4.78, 5) is 11.7. The minimum atomic E-state index is -4.51. The Kier molecular flexibility index (Phi) is 4.89. The van der Waals surface area contributed by atoms with Gasteiger partial charge in [0.1, 0.15) is 0 Å². The van der Waals surface area contributed by atoms with Crippen LogP contribution >= 0.6 is 0 Å². The Morgan fingerprint density at radius 1 is 1.14 bits per heavy atom. The van der Waals surface area contributed by atoms with Crippen LogP contribution in [0.25, 0.3) is 11.3 Å². The molecule has 3 rings (SSSR count). The molecule has 0 spiro atoms. The topological polar surface area (TPSA) is 86.9 Å². The number of hydrogen-bond donors (Lipinski definition) is 2. The van der Waals surface area contributed by atoms with Crippen LogP contribution in [0.5, 0.6) is 0 Å². The van der Waals surface area contributed by atoms with E-state index in [1.807, 2.05) is 19.1 Å². The van der Waals surface area contributed by atoms with E-state index < -0.39 is 17.6 Å². The third-order valence-corrected chi connectivity index (χ3v) is 4.62. The van der Waals surface area contributed by atoms with E-state index in [1.165, 1.54) is 0 Å². The quantitative estimate of drug-likeness (QED) is 0.669. The summed E-state index contributed by atoms with van der Waals surface area (Å²) in [5, 5.41) is 4.45. The van der Waals surface area contributed by atoms with E-state index in [0.717, 1.165) is 35.0 Å². The minimum absolute atomic E-state index is 0.0482. The highest BCUT2D eigenvalue weighted by Gasteiger charge is 2.31. The Hall–Kier alpha value is -3.29. The molecule has 0 aliphatic rings. The molecule has 0 radical (unpaired) electrons. The van der Waals surface area contributed by atoms with E-state index in [9.17, 15) is 18.0 Å². The van der Waals surface area contributed by atoms with E-state index in [1.54, 1.807) is 23.9 Å². The Morgan fingerprint density at radius 2 is 1.79 bits per heavy atom. The van der Waals surface area contributed by atoms with Crippen LogP contribution in [0.4, 0.5) is 18.9 Å². The molecule has 0 saturated heterocycles. The number of alkyl halides is 3. The van der Waals surface area contributed by atoms with E-state index >= 15 is 0 Å². The van der Waals surface area contributed by atoms with Gasteiger partial charge in [-0.25, -0.2) is 0 Å². The highest BCUT2D eigenvalue weighted by molar-refractivity contribution is 5.94. The minimum Gasteiger partial charge on any atom is -0.399 e. The number of nitrogens with zero attached hydrogens (tertiary/aromatic N) is 2. The molecular weight excluding hydrogens is 369 g/mol. The van der Waals surface area contributed by atoms with Crippen LogP contribution in [0.2, 0.25) is 0 Å². The number of nitrogens with two attached hydrogens (primary N) is 2. The molecule has 0 saturated carbocycles. The van der Waals surface area contributed by atoms with E-state index in [4.69, 9.17) is 11.5 Å². The molecule has 4 N–H and O–H groups in total. The van der Waals surface area contributed by atoms with Gasteiger partial charge in [-0.2, -0.15) is 18.3 Å². The van der Waals surface area contributed by atoms with Gasteiger partial charge in [0, 0.05) is 30.3 Å². The molecule has 0 unspecified atom stereocenters. The molecule has 146 valence electrons. The van der Waals surface area contributed by atoms with E-state index in [2.05, 4.69) is 5.10 Å². The predicted octanol–water partition coefficient (Wildman–Crippen LogP) is 3.69. The summed E-state index contributed by atoms with van der Waals surface area (Å²) in [6.45, 7) is 1.84. The first-order valence-corrected chi connectivity index (χ1v) is 8.46. The largest absolute Gasteiger partial charge is 0.416 e. The highest BCUT2D eigenvalue weighted by Crippen LogP contribution is 2.32. The van der Waals surface area contributed by atoms with Crippen molar-refractivity contribution >= 4 is 11.6 Å². The molecule has 1 amide bonds. The van der Waals surface area contributed by atoms with Crippen LogP contribution in [-0.2, 0) is 19.6 Å². The van der Waals surface area contributed by atoms with Gasteiger partial charge < -0.3 is 11.5 Å². The van der Waals surface area contributed by atoms with Crippen LogP contribution < -0.4 is 11.5 Å². The zero-order valence-corrected chi connectivity index (χ0v) is 15.3. The van der Waals surface area contributed by atoms with Crippen LogP contribution in [0.15, 0.2) is 42.5 Å². The first kappa shape index (κ1) is 19.5. The van der Waals surface area contributed by atoms with Crippen LogP contribution in [0.1, 0.15) is 32.7 Å². The maximum Gasteiger partial charge on any atom is 0.416 e. The van der Waals surface area contributed by atoms with Crippen molar-refractivity contribution in [3.8, 4) is 11.3 Å². The number of carbonyl (C=O) groups excluding carboxylic acids is 1. The van der Waals surface area contributed by atoms with E-state index in [-0.39, 0.29) is 17.5 Å². The van der Waals surface area contributed by atoms with Crippen LogP contribution in [0.3, 0.4) is 0 Å². The lowest BCUT2D eigenvalue weighted by Crippen LogP contribution is -2.16. The molecule has 0 bridgehead atoms. The maximum atomic E-state index is 13.1. The van der Waals surface area contributed by atoms with Gasteiger partial charge in [0.05, 0.1) is 17.0 Å². The molecule has 2 aromatic carbocycles. The number of rotatable bonds is 4. The molecule has 0 atom stereocenters. The number of amides is 1. The fraction of sp³-hybridized carbons (Fsp3) is 0.200. The summed E-state index contributed by atoms with van der Waals surface area (Å²) in [6.07, 6.45) is -4.46. The zero-order valence-electron chi connectivity index (χ0n) is 15.3. The van der Waals surface area contributed by atoms with Crippen molar-refractivity contribution in [2.45, 2.75) is 19.5 Å². The molecule has 0 aliphatic heterocycles. The van der Waals surface area contributed by atoms with Gasteiger partial charge in [0.2, 0.25) is 5.91 Å². The molecule has 5 nitrogen and oxygen atoms in total. The van der Waals surface area contributed by atoms with Crippen molar-refractivity contribution in [2.75, 3.05) is 5.73 Å². The van der Waals surface area contributed by atoms with Gasteiger partial charge in [0.15, 0.2) is 0 Å². The summed E-state index contributed by atoms with van der Waals surface area (Å²) >= 11 is 0. The number of benzene rings is 2. The molecule has 8 heteroatoms. The molecule has 1 aromatic heterocycles. The van der Waals surface area contributed by atoms with Gasteiger partial charge in [0.25, 0.3) is 0 Å². The number of anilines is 1. The van der Waals surface area contributed by atoms with Gasteiger partial charge in [-0.1, -0.05) is 12.1 Å². The fourth-order valence-electron chi connectivity index (χ4n) is 3.23. The number of carbonyl (C=O) groups is 1. The number of hydrogen-bond acceptors (Lipinski definition) is 3. The van der Waals surface area contributed by atoms with Crippen molar-refractivity contribution in [3.05, 3.63) is 70.4 Å². The second-order valence-corrected chi connectivity index (χ2v) is 6.58. The third kappa shape index (κ3) is 3.71. The Labute approximate surface area is 159 Å². The summed E-state index contributed by atoms with van der Waals surface area (Å²) < 4.78 is 40.9. The molecular formula is C20H19F3N4O. The SMILES string of the molecule is Cc1c(Cc2cc(C(F)(F)F)ccc2C(N)=O)nn(C)c1-c1ccc(N)cc1. The molecule has 3 aromatic rings. The van der Waals surface area contributed by atoms with Crippen molar-refractivity contribution in [2.24, 2.45) is 12.8 Å². The average molecular weight is 388 g/mol. The number of halogens is 3. The third-order valence-electron chi connectivity index (χ3n) is 4.62. The normalized spacial score (nSPS) is 11.6. The smallest absolute Gasteiger partial charge is 0.399 e. The van der Waals surface area contributed by atoms with Gasteiger partial charge in [-0.15, -0.1) is 0 Å². The van der Waals surface area contributed by atoms with Gasteiger partial charge in [-0.05, 0) is 48.4 Å². The monoisotopic (exact) mass is 388 g/mol. The fourth-order valence-corrected chi connectivity index (χ4v) is 3.23. The van der Waals surface area contributed by atoms with Crippen LogP contribution in [-0.4, -0.2) is 15.7 Å². The summed E-state index contributed by atoms with van der Waals surface area (Å²) in [5.74, 6) is -0.781. The predicted molar refractivity (Wildman–Crippen MR) is 101 cm³/mol. The lowest BCUT2D eigenvalue weighted by Gasteiger charge is -2.11. The standard InChI is InChI=1S/C20H19F3N4O/c1-11-17(26-27(2)18(11)12-3-6-15(24)7-4-12)10-13-9-14(20(21,22)23)5-8-16(13)19(25)28/h3-9H,10,24H2,1-2H3,(H2,25,28). The Morgan fingerprint density at radius 3 is 2.36 bits per heavy atom. The summed E-state index contributed by atoms with van der Waals surface area (Å²) in [6, 6.07) is 10.1. The van der Waals surface area contributed by atoms with Crippen LogP contribution in [0, 0.1) is 6.92 Å². The van der Waals surface area contributed by atoms with Crippen molar-refractivity contribution in [3.63, 3.8) is 0 Å². The Balaban J connectivity index is 2.06. The molecule has 0 fully saturated rings. The number of primary amides is 1. The molecule has 1 heterocycles. The second kappa shape index (κ2) is 7.03. The lowest BCUT2D eigenvalue weighted by molar-refractivity contribution is -0.137. The number of aromatic nitrogens is 2. The zero-order chi connectivity index (χ0) is 20.6. The summed E-state index contributed by atoms with van der Waals surface area (Å²) in [7, 11) is 1.75. The average Bonchev–Trinajstić information content (AvgIpc) is 2.88. The second-order valence-electron chi connectivity index (χ2n) is 6.58. The highest BCUT2D eigenvalue weighted by atomic mass is 19.4. The lowest BCUT2D eigenvalue weighted by atomic mass is 9.97. The number of aryl methyl sites for hydroxylation is 1. The maximum absolute atomic E-state index is 13.1. The van der Waals surface area contributed by atoms with Gasteiger partial charge >= 0.3 is 6.18 Å². The van der Waals surface area contributed by atoms with Crippen molar-refractivity contribution in [1.29, 1.82) is 0 Å². The molecule has 0 aliphatic carbocycles. The van der Waals surface area contributed by atoms with Crippen molar-refractivity contribution < 1.29 is 18.0 Å². The first-order valence-electron chi connectivity index (χ1n) is 8.46. The van der Waals surface area contributed by atoms with E-state index in [0.29, 0.717) is 11.4 Å². The first-order chi connectivity index (χ1) is 13.1. The van der Waals surface area contributed by atoms with Gasteiger partial charge in [-0.3, -0.25) is 9.48 Å². The van der Waals surface area contributed by atoms with Crippen molar-refractivity contribution in [1.82, 2.24) is 9.78 Å². The number of nitrogen functional groups attached to an aromatic ring is 1. The molecule has 28 heavy (non-hydrogen) atoms. The Bertz CT molecular complexity index is 1040. The summed E-state index contributed by atoms with van der Waals surface area (Å²) in [5.41, 5.74) is 14.2.